The summed E-state index contributed by atoms with van der Waals surface area (Å²) in [6, 6.07) is 26.5. The number of hydrogen-bond donors (Lipinski definition) is 0. The fraction of sp³-hybridized carbons (Fsp3) is 0.233. The van der Waals surface area contributed by atoms with Crippen LogP contribution in [0, 0.1) is 6.92 Å². The van der Waals surface area contributed by atoms with Gasteiger partial charge in [-0.2, -0.15) is 0 Å². The van der Waals surface area contributed by atoms with Crippen molar-refractivity contribution in [2.75, 3.05) is 26.4 Å². The van der Waals surface area contributed by atoms with E-state index in [4.69, 9.17) is 23.7 Å². The molecule has 0 fully saturated rings. The van der Waals surface area contributed by atoms with Crippen molar-refractivity contribution < 1.29 is 42.9 Å². The summed E-state index contributed by atoms with van der Waals surface area (Å²) in [5.74, 6) is 0.328. The van der Waals surface area contributed by atoms with Gasteiger partial charge in [-0.05, 0) is 134 Å². The Morgan fingerprint density at radius 3 is 1.66 bits per heavy atom. The van der Waals surface area contributed by atoms with Crippen molar-refractivity contribution in [3.63, 3.8) is 0 Å². The van der Waals surface area contributed by atoms with E-state index in [2.05, 4.69) is 18.2 Å². The van der Waals surface area contributed by atoms with Gasteiger partial charge in [-0.15, -0.1) is 0 Å². The standard InChI is InChI=1S/C43H43NO9/c1-4-41(46)51-26-8-6-24-49-37-20-13-33(14-21-37)40(45)29-35-12-17-36(28-31(35)3)44-30-32-10-18-39(19-11-32)53-43(48)34-15-22-38(23-16-34)50-25-7-9-27-52-42(47)5-2/h4-5,10-23,28,30H,1-2,6-9,24-27,29H2,3H3/b44-30+. The smallest absolute Gasteiger partial charge is 0.343 e. The van der Waals surface area contributed by atoms with Gasteiger partial charge in [0.1, 0.15) is 17.2 Å². The van der Waals surface area contributed by atoms with Crippen LogP contribution in [0.4, 0.5) is 5.69 Å². The number of ether oxygens (including phenoxy) is 5. The van der Waals surface area contributed by atoms with E-state index in [0.29, 0.717) is 74.1 Å². The van der Waals surface area contributed by atoms with Gasteiger partial charge in [0, 0.05) is 30.4 Å². The minimum absolute atomic E-state index is 0.000668. The van der Waals surface area contributed by atoms with Crippen LogP contribution in [0.15, 0.2) is 121 Å². The molecule has 0 bridgehead atoms. The van der Waals surface area contributed by atoms with Crippen LogP contribution in [-0.4, -0.2) is 56.3 Å². The van der Waals surface area contributed by atoms with Gasteiger partial charge in [0.2, 0.25) is 0 Å². The highest BCUT2D eigenvalue weighted by atomic mass is 16.5. The number of esters is 3. The molecule has 274 valence electrons. The van der Waals surface area contributed by atoms with Crippen molar-refractivity contribution in [1.82, 2.24) is 0 Å². The Morgan fingerprint density at radius 1 is 0.623 bits per heavy atom. The van der Waals surface area contributed by atoms with Gasteiger partial charge >= 0.3 is 17.9 Å². The van der Waals surface area contributed by atoms with Gasteiger partial charge in [-0.1, -0.05) is 19.2 Å². The van der Waals surface area contributed by atoms with E-state index in [1.807, 2.05) is 37.3 Å². The molecule has 0 aromatic heterocycles. The Kier molecular flexibility index (Phi) is 15.8. The maximum Gasteiger partial charge on any atom is 0.343 e. The van der Waals surface area contributed by atoms with E-state index in [1.165, 1.54) is 0 Å². The molecule has 0 heterocycles. The Balaban J connectivity index is 1.19. The van der Waals surface area contributed by atoms with Crippen molar-refractivity contribution in [1.29, 1.82) is 0 Å². The molecule has 4 aromatic rings. The van der Waals surface area contributed by atoms with Crippen molar-refractivity contribution in [2.45, 2.75) is 39.0 Å². The van der Waals surface area contributed by atoms with Crippen LogP contribution >= 0.6 is 0 Å². The zero-order valence-corrected chi connectivity index (χ0v) is 29.8. The predicted octanol–water partition coefficient (Wildman–Crippen LogP) is 8.17. The first-order valence-electron chi connectivity index (χ1n) is 17.3. The predicted molar refractivity (Wildman–Crippen MR) is 203 cm³/mol. The molecular weight excluding hydrogens is 674 g/mol. The molecule has 0 aliphatic carbocycles. The number of ketones is 1. The summed E-state index contributed by atoms with van der Waals surface area (Å²) in [7, 11) is 0. The zero-order valence-electron chi connectivity index (χ0n) is 29.8. The van der Waals surface area contributed by atoms with Gasteiger partial charge < -0.3 is 23.7 Å². The fourth-order valence-electron chi connectivity index (χ4n) is 4.85. The number of benzene rings is 4. The Hall–Kier alpha value is -6.29. The van der Waals surface area contributed by atoms with Crippen molar-refractivity contribution in [2.24, 2.45) is 4.99 Å². The van der Waals surface area contributed by atoms with Crippen molar-refractivity contribution >= 4 is 35.6 Å². The molecular formula is C43H43NO9. The molecule has 4 aromatic carbocycles. The fourth-order valence-corrected chi connectivity index (χ4v) is 4.85. The maximum absolute atomic E-state index is 13.0. The lowest BCUT2D eigenvalue weighted by Crippen LogP contribution is -2.08. The van der Waals surface area contributed by atoms with Crippen LogP contribution in [0.25, 0.3) is 0 Å². The van der Waals surface area contributed by atoms with Gasteiger partial charge in [0.25, 0.3) is 0 Å². The molecule has 10 nitrogen and oxygen atoms in total. The molecule has 0 N–H and O–H groups in total. The minimum Gasteiger partial charge on any atom is -0.494 e. The second kappa shape index (κ2) is 21.2. The lowest BCUT2D eigenvalue weighted by atomic mass is 9.99. The molecule has 53 heavy (non-hydrogen) atoms. The second-order valence-electron chi connectivity index (χ2n) is 11.8. The number of aryl methyl sites for hydroxylation is 1. The van der Waals surface area contributed by atoms with Crippen LogP contribution in [0.1, 0.15) is 63.1 Å². The van der Waals surface area contributed by atoms with Crippen LogP contribution in [0.5, 0.6) is 17.2 Å². The van der Waals surface area contributed by atoms with E-state index in [-0.39, 0.29) is 12.2 Å². The molecule has 0 spiro atoms. The SMILES string of the molecule is C=CC(=O)OCCCCOc1ccc(C(=O)Cc2ccc(/N=C/c3ccc(OC(=O)c4ccc(OCCCCOC(=O)C=C)cc4)cc3)cc2C)cc1. The Bertz CT molecular complexity index is 1880. The Morgan fingerprint density at radius 2 is 1.13 bits per heavy atom. The molecule has 0 unspecified atom stereocenters. The van der Waals surface area contributed by atoms with E-state index in [9.17, 15) is 19.2 Å². The van der Waals surface area contributed by atoms with Crippen LogP contribution in [0.3, 0.4) is 0 Å². The topological polar surface area (TPSA) is 127 Å². The molecule has 0 saturated carbocycles. The third-order valence-corrected chi connectivity index (χ3v) is 7.83. The quantitative estimate of drug-likeness (QED) is 0.0209. The average Bonchev–Trinajstić information content (AvgIpc) is 3.18. The largest absolute Gasteiger partial charge is 0.494 e. The first kappa shape index (κ1) is 39.5. The van der Waals surface area contributed by atoms with E-state index >= 15 is 0 Å². The van der Waals surface area contributed by atoms with Crippen LogP contribution < -0.4 is 14.2 Å². The number of carbonyl (C=O) groups excluding carboxylic acids is 4. The summed E-state index contributed by atoms with van der Waals surface area (Å²) in [6.07, 6.45) is 7.04. The summed E-state index contributed by atoms with van der Waals surface area (Å²) in [6.45, 7) is 10.2. The highest BCUT2D eigenvalue weighted by Crippen LogP contribution is 2.22. The number of carbonyl (C=O) groups is 4. The molecule has 0 aliphatic heterocycles. The molecule has 0 atom stereocenters. The van der Waals surface area contributed by atoms with Gasteiger partial charge in [-0.25, -0.2) is 14.4 Å². The van der Waals surface area contributed by atoms with Crippen LogP contribution in [0.2, 0.25) is 0 Å². The molecule has 0 amide bonds. The molecule has 10 heteroatoms. The summed E-state index contributed by atoms with van der Waals surface area (Å²) < 4.78 is 26.8. The van der Waals surface area contributed by atoms with E-state index < -0.39 is 17.9 Å². The number of rotatable bonds is 21. The average molecular weight is 718 g/mol. The zero-order chi connectivity index (χ0) is 37.8. The number of nitrogens with zero attached hydrogens (tertiary/aromatic N) is 1. The summed E-state index contributed by atoms with van der Waals surface area (Å²) in [5.41, 5.74) is 4.43. The van der Waals surface area contributed by atoms with E-state index in [0.717, 1.165) is 41.0 Å². The molecule has 0 radical (unpaired) electrons. The first-order chi connectivity index (χ1) is 25.7. The highest BCUT2D eigenvalue weighted by molar-refractivity contribution is 5.98. The number of aliphatic imine (C=N–C) groups is 1. The third kappa shape index (κ3) is 13.7. The third-order valence-electron chi connectivity index (χ3n) is 7.83. The summed E-state index contributed by atoms with van der Waals surface area (Å²) in [4.78, 5) is 52.3. The first-order valence-corrected chi connectivity index (χ1v) is 17.3. The minimum atomic E-state index is -0.490. The summed E-state index contributed by atoms with van der Waals surface area (Å²) in [5, 5.41) is 0. The van der Waals surface area contributed by atoms with Crippen molar-refractivity contribution in [3.05, 3.63) is 144 Å². The lowest BCUT2D eigenvalue weighted by Gasteiger charge is -2.09. The lowest BCUT2D eigenvalue weighted by molar-refractivity contribution is -0.138. The number of unbranched alkanes of at least 4 members (excludes halogenated alkanes) is 2. The van der Waals surface area contributed by atoms with Gasteiger partial charge in [0.05, 0.1) is 37.7 Å². The van der Waals surface area contributed by atoms with Crippen molar-refractivity contribution in [3.8, 4) is 17.2 Å². The highest BCUT2D eigenvalue weighted by Gasteiger charge is 2.11. The molecule has 4 rings (SSSR count). The maximum atomic E-state index is 13.0. The second-order valence-corrected chi connectivity index (χ2v) is 11.8. The Labute approximate surface area is 309 Å². The van der Waals surface area contributed by atoms with E-state index in [1.54, 1.807) is 66.9 Å². The normalized spacial score (nSPS) is 10.7. The van der Waals surface area contributed by atoms with Gasteiger partial charge in [0.15, 0.2) is 5.78 Å². The van der Waals surface area contributed by atoms with Gasteiger partial charge in [-0.3, -0.25) is 9.79 Å². The molecule has 0 saturated heterocycles. The number of Topliss-reactive ketones (excluding diaryl/α,β-unsaturated/α-hetero) is 1. The van der Waals surface area contributed by atoms with Crippen LogP contribution in [-0.2, 0) is 25.5 Å². The monoisotopic (exact) mass is 717 g/mol. The summed E-state index contributed by atoms with van der Waals surface area (Å²) >= 11 is 0. The number of hydrogen-bond acceptors (Lipinski definition) is 10. The molecule has 0 aliphatic rings.